The molecule has 6 nitrogen and oxygen atoms in total. The van der Waals surface area contributed by atoms with E-state index in [4.69, 9.17) is 9.15 Å². The molecule has 0 spiro atoms. The number of nitrogens with zero attached hydrogens (tertiary/aromatic N) is 3. The largest absolute Gasteiger partial charge is 0.455 e. The number of carbonyl (C=O) groups excluding carboxylic acids is 1. The topological polar surface area (TPSA) is 78.1 Å². The van der Waals surface area contributed by atoms with E-state index in [2.05, 4.69) is 15.0 Å². The average molecular weight is 373 g/mol. The number of aromatic nitrogens is 3. The lowest BCUT2D eigenvalue weighted by Gasteiger charge is -2.05. The zero-order chi connectivity index (χ0) is 19.7. The standard InChI is InChI=1S/C22H19N3O3/c1-13-4-6-16(7-5-13)21-25-18(11-27-21)12-28-22(26)17-8-9-19-20(10-17)24-15(3)14(2)23-19/h4-11H,12H2,1-3H3. The Morgan fingerprint density at radius 1 is 0.929 bits per heavy atom. The van der Waals surface area contributed by atoms with Crippen LogP contribution in [0.4, 0.5) is 0 Å². The van der Waals surface area contributed by atoms with Crippen LogP contribution < -0.4 is 0 Å². The summed E-state index contributed by atoms with van der Waals surface area (Å²) in [6.45, 7) is 5.85. The highest BCUT2D eigenvalue weighted by Crippen LogP contribution is 2.20. The van der Waals surface area contributed by atoms with Crippen molar-refractivity contribution in [1.82, 2.24) is 15.0 Å². The molecule has 0 radical (unpaired) electrons. The Hall–Kier alpha value is -3.54. The van der Waals surface area contributed by atoms with Gasteiger partial charge in [0.1, 0.15) is 18.6 Å². The quantitative estimate of drug-likeness (QED) is 0.488. The number of oxazole rings is 1. The van der Waals surface area contributed by atoms with E-state index in [-0.39, 0.29) is 6.61 Å². The lowest BCUT2D eigenvalue weighted by atomic mass is 10.1. The van der Waals surface area contributed by atoms with Gasteiger partial charge in [-0.25, -0.2) is 19.7 Å². The minimum atomic E-state index is -0.443. The van der Waals surface area contributed by atoms with E-state index in [1.807, 2.05) is 45.0 Å². The maximum Gasteiger partial charge on any atom is 0.338 e. The van der Waals surface area contributed by atoms with Crippen LogP contribution in [0.3, 0.4) is 0 Å². The van der Waals surface area contributed by atoms with E-state index < -0.39 is 5.97 Å². The van der Waals surface area contributed by atoms with Crippen molar-refractivity contribution in [1.29, 1.82) is 0 Å². The van der Waals surface area contributed by atoms with Crippen LogP contribution in [0.25, 0.3) is 22.5 Å². The fraction of sp³-hybridized carbons (Fsp3) is 0.182. The van der Waals surface area contributed by atoms with Crippen molar-refractivity contribution in [3.05, 3.63) is 76.9 Å². The van der Waals surface area contributed by atoms with E-state index in [1.54, 1.807) is 18.2 Å². The lowest BCUT2D eigenvalue weighted by Crippen LogP contribution is -2.06. The Labute approximate surface area is 162 Å². The van der Waals surface area contributed by atoms with Crippen LogP contribution in [0, 0.1) is 20.8 Å². The van der Waals surface area contributed by atoms with Gasteiger partial charge < -0.3 is 9.15 Å². The van der Waals surface area contributed by atoms with E-state index in [1.165, 1.54) is 6.26 Å². The molecule has 0 amide bonds. The van der Waals surface area contributed by atoms with Crippen molar-refractivity contribution in [3.63, 3.8) is 0 Å². The summed E-state index contributed by atoms with van der Waals surface area (Å²) >= 11 is 0. The van der Waals surface area contributed by atoms with E-state index >= 15 is 0 Å². The molecule has 4 rings (SSSR count). The predicted molar refractivity (Wildman–Crippen MR) is 105 cm³/mol. The molecule has 6 heteroatoms. The number of hydrogen-bond donors (Lipinski definition) is 0. The molecule has 0 saturated heterocycles. The molecule has 4 aromatic rings. The number of carbonyl (C=O) groups is 1. The molecule has 0 fully saturated rings. The number of aryl methyl sites for hydroxylation is 3. The number of benzene rings is 2. The molecular weight excluding hydrogens is 354 g/mol. The van der Waals surface area contributed by atoms with Gasteiger partial charge in [0, 0.05) is 5.56 Å². The smallest absolute Gasteiger partial charge is 0.338 e. The summed E-state index contributed by atoms with van der Waals surface area (Å²) in [4.78, 5) is 25.7. The molecule has 2 heterocycles. The first kappa shape index (κ1) is 17.9. The van der Waals surface area contributed by atoms with E-state index in [0.29, 0.717) is 22.7 Å². The first-order valence-corrected chi connectivity index (χ1v) is 8.93. The summed E-state index contributed by atoms with van der Waals surface area (Å²) in [5.41, 5.74) is 6.14. The van der Waals surface area contributed by atoms with Gasteiger partial charge in [0.25, 0.3) is 0 Å². The van der Waals surface area contributed by atoms with Gasteiger partial charge in [-0.15, -0.1) is 0 Å². The molecule has 2 aromatic carbocycles. The maximum absolute atomic E-state index is 12.4. The summed E-state index contributed by atoms with van der Waals surface area (Å²) < 4.78 is 10.9. The van der Waals surface area contributed by atoms with Gasteiger partial charge in [0.05, 0.1) is 28.0 Å². The fourth-order valence-corrected chi connectivity index (χ4v) is 2.78. The normalized spacial score (nSPS) is 11.0. The molecule has 0 atom stereocenters. The van der Waals surface area contributed by atoms with Crippen molar-refractivity contribution >= 4 is 17.0 Å². The second-order valence-corrected chi connectivity index (χ2v) is 6.68. The second-order valence-electron chi connectivity index (χ2n) is 6.68. The molecule has 140 valence electrons. The van der Waals surface area contributed by atoms with Crippen LogP contribution in [0.2, 0.25) is 0 Å². The van der Waals surface area contributed by atoms with Crippen LogP contribution in [-0.2, 0) is 11.3 Å². The highest BCUT2D eigenvalue weighted by Gasteiger charge is 2.12. The van der Waals surface area contributed by atoms with E-state index in [0.717, 1.165) is 28.0 Å². The van der Waals surface area contributed by atoms with Crippen molar-refractivity contribution in [3.8, 4) is 11.5 Å². The van der Waals surface area contributed by atoms with Gasteiger partial charge in [-0.2, -0.15) is 0 Å². The molecule has 0 bridgehead atoms. The number of hydrogen-bond acceptors (Lipinski definition) is 6. The molecule has 0 aliphatic heterocycles. The minimum absolute atomic E-state index is 0.0326. The second kappa shape index (κ2) is 7.23. The van der Waals surface area contributed by atoms with Crippen LogP contribution in [-0.4, -0.2) is 20.9 Å². The molecule has 0 aliphatic rings. The van der Waals surface area contributed by atoms with Crippen LogP contribution in [0.1, 0.15) is 33.0 Å². The third-order valence-electron chi connectivity index (χ3n) is 4.51. The third kappa shape index (κ3) is 3.62. The Bertz CT molecular complexity index is 1160. The highest BCUT2D eigenvalue weighted by molar-refractivity contribution is 5.93. The third-order valence-corrected chi connectivity index (χ3v) is 4.51. The molecule has 2 aromatic heterocycles. The average Bonchev–Trinajstić information content (AvgIpc) is 3.16. The number of fused-ring (bicyclic) bond motifs is 1. The predicted octanol–water partition coefficient (Wildman–Crippen LogP) is 4.57. The Morgan fingerprint density at radius 3 is 2.39 bits per heavy atom. The van der Waals surface area contributed by atoms with Gasteiger partial charge in [0.2, 0.25) is 5.89 Å². The first-order valence-electron chi connectivity index (χ1n) is 8.93. The molecule has 28 heavy (non-hydrogen) atoms. The summed E-state index contributed by atoms with van der Waals surface area (Å²) in [5.74, 6) is 0.0553. The van der Waals surface area contributed by atoms with Crippen molar-refractivity contribution in [2.75, 3.05) is 0 Å². The van der Waals surface area contributed by atoms with Crippen LogP contribution >= 0.6 is 0 Å². The summed E-state index contributed by atoms with van der Waals surface area (Å²) in [6.07, 6.45) is 1.50. The van der Waals surface area contributed by atoms with Gasteiger partial charge in [0.15, 0.2) is 0 Å². The van der Waals surface area contributed by atoms with Gasteiger partial charge >= 0.3 is 5.97 Å². The van der Waals surface area contributed by atoms with Crippen molar-refractivity contribution in [2.24, 2.45) is 0 Å². The number of esters is 1. The van der Waals surface area contributed by atoms with Gasteiger partial charge in [-0.3, -0.25) is 0 Å². The number of ether oxygens (including phenoxy) is 1. The molecule has 0 saturated carbocycles. The fourth-order valence-electron chi connectivity index (χ4n) is 2.78. The Balaban J connectivity index is 1.46. The van der Waals surface area contributed by atoms with Gasteiger partial charge in [-0.1, -0.05) is 17.7 Å². The van der Waals surface area contributed by atoms with Crippen molar-refractivity contribution < 1.29 is 13.9 Å². The SMILES string of the molecule is Cc1ccc(-c2nc(COC(=O)c3ccc4nc(C)c(C)nc4c3)co2)cc1. The molecule has 0 aliphatic carbocycles. The van der Waals surface area contributed by atoms with Crippen LogP contribution in [0.15, 0.2) is 53.1 Å². The summed E-state index contributed by atoms with van der Waals surface area (Å²) in [7, 11) is 0. The highest BCUT2D eigenvalue weighted by atomic mass is 16.5. The monoisotopic (exact) mass is 373 g/mol. The van der Waals surface area contributed by atoms with Crippen molar-refractivity contribution in [2.45, 2.75) is 27.4 Å². The van der Waals surface area contributed by atoms with E-state index in [9.17, 15) is 4.79 Å². The lowest BCUT2D eigenvalue weighted by molar-refractivity contribution is 0.0468. The molecular formula is C22H19N3O3. The summed E-state index contributed by atoms with van der Waals surface area (Å²) in [5, 5.41) is 0. The summed E-state index contributed by atoms with van der Waals surface area (Å²) in [6, 6.07) is 13.0. The molecule has 0 N–H and O–H groups in total. The Kier molecular flexibility index (Phi) is 4.61. The zero-order valence-electron chi connectivity index (χ0n) is 15.9. The first-order chi connectivity index (χ1) is 13.5. The number of rotatable bonds is 4. The van der Waals surface area contributed by atoms with Crippen LogP contribution in [0.5, 0.6) is 0 Å². The Morgan fingerprint density at radius 2 is 1.64 bits per heavy atom. The maximum atomic E-state index is 12.4. The minimum Gasteiger partial charge on any atom is -0.455 e. The zero-order valence-corrected chi connectivity index (χ0v) is 15.9. The molecule has 0 unspecified atom stereocenters. The van der Waals surface area contributed by atoms with Gasteiger partial charge in [-0.05, 0) is 51.1 Å².